The minimum Gasteiger partial charge on any atom is -0.454 e. The van der Waals surface area contributed by atoms with Gasteiger partial charge in [0, 0.05) is 24.1 Å². The fourth-order valence-electron chi connectivity index (χ4n) is 2.41. The van der Waals surface area contributed by atoms with E-state index in [9.17, 15) is 9.59 Å². The van der Waals surface area contributed by atoms with Crippen LogP contribution in [0.2, 0.25) is 0 Å². The van der Waals surface area contributed by atoms with Gasteiger partial charge in [-0.25, -0.2) is 9.78 Å². The monoisotopic (exact) mass is 339 g/mol. The van der Waals surface area contributed by atoms with E-state index >= 15 is 0 Å². The molecule has 0 bridgehead atoms. The number of nitrogens with zero attached hydrogens (tertiary/aromatic N) is 2. The van der Waals surface area contributed by atoms with E-state index in [0.717, 1.165) is 0 Å². The molecule has 2 aromatic heterocycles. The molecule has 0 saturated heterocycles. The van der Waals surface area contributed by atoms with Crippen LogP contribution in [0.5, 0.6) is 11.5 Å². The fraction of sp³-hybridized carbons (Fsp3) is 0.118. The van der Waals surface area contributed by atoms with Crippen molar-refractivity contribution >= 4 is 23.2 Å². The number of esters is 1. The average molecular weight is 339 g/mol. The Bertz CT molecular complexity index is 933. The van der Waals surface area contributed by atoms with Crippen molar-refractivity contribution in [2.75, 3.05) is 18.7 Å². The van der Waals surface area contributed by atoms with Gasteiger partial charge in [-0.15, -0.1) is 0 Å². The largest absolute Gasteiger partial charge is 0.454 e. The third kappa shape index (κ3) is 3.09. The highest BCUT2D eigenvalue weighted by Gasteiger charge is 2.16. The zero-order chi connectivity index (χ0) is 17.2. The molecule has 1 aromatic carbocycles. The molecule has 1 aliphatic heterocycles. The molecule has 0 unspecified atom stereocenters. The standard InChI is InChI=1S/C17H13N3O5/c21-16(18-11-4-5-13-14(7-11)25-10-24-13)9-23-17(22)12-8-20-6-2-1-3-15(20)19-12/h1-8H,9-10H2,(H,18,21). The molecule has 3 aromatic rings. The van der Waals surface area contributed by atoms with Crippen molar-refractivity contribution in [2.45, 2.75) is 0 Å². The van der Waals surface area contributed by atoms with Crippen LogP contribution in [0.3, 0.4) is 0 Å². The number of amides is 1. The molecule has 0 spiro atoms. The van der Waals surface area contributed by atoms with Crippen LogP contribution in [0.4, 0.5) is 5.69 Å². The van der Waals surface area contributed by atoms with E-state index in [1.807, 2.05) is 12.1 Å². The van der Waals surface area contributed by atoms with Gasteiger partial charge in [0.2, 0.25) is 6.79 Å². The summed E-state index contributed by atoms with van der Waals surface area (Å²) in [7, 11) is 0. The minimum absolute atomic E-state index is 0.141. The van der Waals surface area contributed by atoms with Gasteiger partial charge < -0.3 is 23.9 Å². The number of aromatic nitrogens is 2. The quantitative estimate of drug-likeness (QED) is 0.730. The van der Waals surface area contributed by atoms with E-state index in [1.54, 1.807) is 41.1 Å². The Morgan fingerprint density at radius 1 is 1.20 bits per heavy atom. The van der Waals surface area contributed by atoms with Crippen LogP contribution >= 0.6 is 0 Å². The first kappa shape index (κ1) is 15.0. The van der Waals surface area contributed by atoms with Crippen LogP contribution in [0.25, 0.3) is 5.65 Å². The van der Waals surface area contributed by atoms with Crippen LogP contribution in [0, 0.1) is 0 Å². The number of imidazole rings is 1. The average Bonchev–Trinajstić information content (AvgIpc) is 3.25. The Labute approximate surface area is 141 Å². The molecule has 25 heavy (non-hydrogen) atoms. The van der Waals surface area contributed by atoms with Crippen molar-refractivity contribution in [2.24, 2.45) is 0 Å². The zero-order valence-corrected chi connectivity index (χ0v) is 13.0. The SMILES string of the molecule is O=C(COC(=O)c1cn2ccccc2n1)Nc1ccc2c(c1)OCO2. The van der Waals surface area contributed by atoms with Crippen LogP contribution in [0.15, 0.2) is 48.8 Å². The van der Waals surface area contributed by atoms with E-state index < -0.39 is 18.5 Å². The number of fused-ring (bicyclic) bond motifs is 2. The first-order valence-electron chi connectivity index (χ1n) is 7.49. The summed E-state index contributed by atoms with van der Waals surface area (Å²) < 4.78 is 17.1. The number of rotatable bonds is 4. The summed E-state index contributed by atoms with van der Waals surface area (Å²) >= 11 is 0. The molecule has 1 aliphatic rings. The summed E-state index contributed by atoms with van der Waals surface area (Å²) in [5.41, 5.74) is 1.29. The summed E-state index contributed by atoms with van der Waals surface area (Å²) in [5.74, 6) is 0.0521. The van der Waals surface area contributed by atoms with Crippen molar-refractivity contribution in [3.8, 4) is 11.5 Å². The van der Waals surface area contributed by atoms with Crippen molar-refractivity contribution < 1.29 is 23.8 Å². The molecule has 8 nitrogen and oxygen atoms in total. The maximum absolute atomic E-state index is 12.0. The van der Waals surface area contributed by atoms with Gasteiger partial charge in [-0.05, 0) is 24.3 Å². The number of nitrogens with one attached hydrogen (secondary N) is 1. The molecule has 0 atom stereocenters. The predicted molar refractivity (Wildman–Crippen MR) is 86.7 cm³/mol. The van der Waals surface area contributed by atoms with Gasteiger partial charge in [-0.2, -0.15) is 0 Å². The molecular formula is C17H13N3O5. The van der Waals surface area contributed by atoms with Crippen LogP contribution in [0.1, 0.15) is 10.5 Å². The second kappa shape index (κ2) is 6.16. The van der Waals surface area contributed by atoms with Gasteiger partial charge in [0.05, 0.1) is 0 Å². The number of pyridine rings is 1. The van der Waals surface area contributed by atoms with Gasteiger partial charge in [0.25, 0.3) is 5.91 Å². The molecule has 8 heteroatoms. The Balaban J connectivity index is 1.35. The van der Waals surface area contributed by atoms with Crippen molar-refractivity contribution in [3.63, 3.8) is 0 Å². The zero-order valence-electron chi connectivity index (χ0n) is 13.0. The number of ether oxygens (including phenoxy) is 3. The molecule has 0 radical (unpaired) electrons. The first-order valence-corrected chi connectivity index (χ1v) is 7.49. The number of carbonyl (C=O) groups excluding carboxylic acids is 2. The summed E-state index contributed by atoms with van der Waals surface area (Å²) in [5, 5.41) is 2.63. The summed E-state index contributed by atoms with van der Waals surface area (Å²) in [6.45, 7) is -0.259. The highest BCUT2D eigenvalue weighted by molar-refractivity contribution is 5.95. The second-order valence-electron chi connectivity index (χ2n) is 5.28. The Hall–Kier alpha value is -3.55. The molecule has 126 valence electrons. The molecule has 1 N–H and O–H groups in total. The van der Waals surface area contributed by atoms with Gasteiger partial charge in [-0.1, -0.05) is 6.07 Å². The van der Waals surface area contributed by atoms with Crippen molar-refractivity contribution in [1.29, 1.82) is 0 Å². The van der Waals surface area contributed by atoms with Gasteiger partial charge in [0.1, 0.15) is 5.65 Å². The topological polar surface area (TPSA) is 91.2 Å². The molecule has 4 rings (SSSR count). The van der Waals surface area contributed by atoms with Gasteiger partial charge in [0.15, 0.2) is 23.8 Å². The van der Waals surface area contributed by atoms with Crippen LogP contribution in [-0.4, -0.2) is 34.7 Å². The van der Waals surface area contributed by atoms with E-state index in [0.29, 0.717) is 22.8 Å². The number of benzene rings is 1. The van der Waals surface area contributed by atoms with Crippen molar-refractivity contribution in [3.05, 3.63) is 54.5 Å². The highest BCUT2D eigenvalue weighted by atomic mass is 16.7. The minimum atomic E-state index is -0.662. The Kier molecular flexibility index (Phi) is 3.70. The van der Waals surface area contributed by atoms with E-state index in [4.69, 9.17) is 14.2 Å². The maximum atomic E-state index is 12.0. The lowest BCUT2D eigenvalue weighted by molar-refractivity contribution is -0.119. The van der Waals surface area contributed by atoms with Gasteiger partial charge >= 0.3 is 5.97 Å². The lowest BCUT2D eigenvalue weighted by atomic mass is 10.3. The maximum Gasteiger partial charge on any atom is 0.359 e. The lowest BCUT2D eigenvalue weighted by Gasteiger charge is -2.06. The Morgan fingerprint density at radius 2 is 2.08 bits per heavy atom. The third-order valence-corrected chi connectivity index (χ3v) is 3.56. The molecule has 0 saturated carbocycles. The summed E-state index contributed by atoms with van der Waals surface area (Å²) in [6.07, 6.45) is 3.32. The van der Waals surface area contributed by atoms with Crippen LogP contribution < -0.4 is 14.8 Å². The van der Waals surface area contributed by atoms with E-state index in [-0.39, 0.29) is 12.5 Å². The number of hydrogen-bond donors (Lipinski definition) is 1. The van der Waals surface area contributed by atoms with E-state index in [1.165, 1.54) is 0 Å². The van der Waals surface area contributed by atoms with E-state index in [2.05, 4.69) is 10.3 Å². The second-order valence-corrected chi connectivity index (χ2v) is 5.28. The van der Waals surface area contributed by atoms with Crippen LogP contribution in [-0.2, 0) is 9.53 Å². The number of hydrogen-bond acceptors (Lipinski definition) is 6. The highest BCUT2D eigenvalue weighted by Crippen LogP contribution is 2.34. The predicted octanol–water partition coefficient (Wildman–Crippen LogP) is 1.86. The lowest BCUT2D eigenvalue weighted by Crippen LogP contribution is -2.21. The first-order chi connectivity index (χ1) is 12.2. The van der Waals surface area contributed by atoms with Crippen molar-refractivity contribution in [1.82, 2.24) is 9.38 Å². The summed E-state index contributed by atoms with van der Waals surface area (Å²) in [4.78, 5) is 28.1. The smallest absolute Gasteiger partial charge is 0.359 e. The molecule has 1 amide bonds. The Morgan fingerprint density at radius 3 is 2.96 bits per heavy atom. The number of anilines is 1. The molecule has 0 fully saturated rings. The number of carbonyl (C=O) groups is 2. The van der Waals surface area contributed by atoms with Gasteiger partial charge in [-0.3, -0.25) is 4.79 Å². The summed E-state index contributed by atoms with van der Waals surface area (Å²) in [6, 6.07) is 10.4. The molecular weight excluding hydrogens is 326 g/mol. The fourth-order valence-corrected chi connectivity index (χ4v) is 2.41. The molecule has 0 aliphatic carbocycles. The molecule has 3 heterocycles. The normalized spacial score (nSPS) is 12.2. The third-order valence-electron chi connectivity index (χ3n) is 3.56.